The lowest BCUT2D eigenvalue weighted by Gasteiger charge is -2.44. The lowest BCUT2D eigenvalue weighted by Crippen LogP contribution is -2.57. The predicted octanol–water partition coefficient (Wildman–Crippen LogP) is 9.62. The fraction of sp³-hybridized carbons (Fsp3) is 0.571. The van der Waals surface area contributed by atoms with Gasteiger partial charge in [0.1, 0.15) is 31.0 Å². The van der Waals surface area contributed by atoms with Crippen molar-refractivity contribution >= 4 is 57.7 Å². The van der Waals surface area contributed by atoms with Gasteiger partial charge in [-0.05, 0) is 84.7 Å². The number of carbonyl (C=O) groups is 5. The van der Waals surface area contributed by atoms with Gasteiger partial charge in [-0.2, -0.15) is 0 Å². The van der Waals surface area contributed by atoms with E-state index in [9.17, 15) is 24.0 Å². The number of rotatable bonds is 20. The number of esters is 1. The molecule has 0 saturated carbocycles. The van der Waals surface area contributed by atoms with E-state index in [1.54, 1.807) is 69.2 Å². The van der Waals surface area contributed by atoms with E-state index >= 15 is 0 Å². The first-order valence-electron chi connectivity index (χ1n) is 23.0. The van der Waals surface area contributed by atoms with Gasteiger partial charge in [0.15, 0.2) is 20.3 Å². The summed E-state index contributed by atoms with van der Waals surface area (Å²) in [6, 6.07) is 8.13. The molecule has 0 aromatic heterocycles. The van der Waals surface area contributed by atoms with Gasteiger partial charge < -0.3 is 38.7 Å². The standard InChI is InChI=1S/C49H75N5O10Si2/c1-18-23-61-47(58)43(55)42(29(2)3)50-44(56)34(11)51-52-36-21-19-35(20-22-36)28-62-48(59)54-38-26-41(63-66(30(4)5,31(6)7)32(8)9)40(60-15)25-37(38)45(57)53-27-33(10)24-39(53)46(54)64-65(16,17)49(12,13)14/h18-22,25-27,29-32,34,39,42,46,51-52H,1,23-24,28H2,2-17H3,(H,50,56)/t34?,39-,42?,46-/m0/s1. The van der Waals surface area contributed by atoms with Crippen molar-refractivity contribution in [3.8, 4) is 11.5 Å². The van der Waals surface area contributed by atoms with E-state index in [4.69, 9.17) is 23.1 Å². The molecule has 66 heavy (non-hydrogen) atoms. The average Bonchev–Trinajstić information content (AvgIpc) is 3.61. The Labute approximate surface area is 394 Å². The third kappa shape index (κ3) is 11.8. The number of nitrogens with zero attached hydrogens (tertiary/aromatic N) is 2. The van der Waals surface area contributed by atoms with Crippen molar-refractivity contribution in [2.75, 3.05) is 24.0 Å². The average molecular weight is 950 g/mol. The maximum absolute atomic E-state index is 15.0. The predicted molar refractivity (Wildman–Crippen MR) is 263 cm³/mol. The Balaban J connectivity index is 1.67. The van der Waals surface area contributed by atoms with Crippen molar-refractivity contribution in [1.82, 2.24) is 15.6 Å². The molecular weight excluding hydrogens is 875 g/mol. The van der Waals surface area contributed by atoms with Crippen molar-refractivity contribution in [3.63, 3.8) is 0 Å². The summed E-state index contributed by atoms with van der Waals surface area (Å²) in [5.41, 5.74) is 9.48. The SMILES string of the molecule is C=CCOC(=O)C(=O)C(NC(=O)C(C)NNc1ccc(COC(=O)N2c3cc(O[Si](C(C)C)(C(C)C)C(C)C)c(OC)cc3C(=O)N3C=C(C)C[C@H]3[C@@H]2O[Si](C)(C)C(C)(C)C)cc1)C(C)C. The van der Waals surface area contributed by atoms with Gasteiger partial charge in [0.25, 0.3) is 20.0 Å². The first-order valence-corrected chi connectivity index (χ1v) is 28.0. The number of benzene rings is 2. The molecule has 4 rings (SSSR count). The molecule has 0 aliphatic carbocycles. The summed E-state index contributed by atoms with van der Waals surface area (Å²) < 4.78 is 31.5. The van der Waals surface area contributed by atoms with Gasteiger partial charge in [-0.3, -0.25) is 14.4 Å². The van der Waals surface area contributed by atoms with Gasteiger partial charge in [-0.25, -0.2) is 19.9 Å². The lowest BCUT2D eigenvalue weighted by molar-refractivity contribution is -0.154. The molecule has 2 unspecified atom stereocenters. The van der Waals surface area contributed by atoms with E-state index in [1.165, 1.54) is 11.0 Å². The van der Waals surface area contributed by atoms with Crippen LogP contribution < -0.4 is 30.2 Å². The van der Waals surface area contributed by atoms with Gasteiger partial charge in [0.05, 0.1) is 24.4 Å². The van der Waals surface area contributed by atoms with E-state index in [2.05, 4.69) is 98.2 Å². The third-order valence-corrected chi connectivity index (χ3v) is 23.6. The number of methoxy groups -OCH3 is 1. The van der Waals surface area contributed by atoms with Crippen molar-refractivity contribution < 1.29 is 47.0 Å². The molecule has 2 heterocycles. The molecule has 17 heteroatoms. The molecule has 364 valence electrons. The summed E-state index contributed by atoms with van der Waals surface area (Å²) in [6.07, 6.45) is 2.11. The zero-order valence-electron chi connectivity index (χ0n) is 42.0. The van der Waals surface area contributed by atoms with Crippen LogP contribution in [0.3, 0.4) is 0 Å². The van der Waals surface area contributed by atoms with Crippen LogP contribution in [0.25, 0.3) is 0 Å². The number of hydrogen-bond donors (Lipinski definition) is 3. The molecule has 3 N–H and O–H groups in total. The normalized spacial score (nSPS) is 17.5. The minimum atomic E-state index is -2.62. The van der Waals surface area contributed by atoms with Crippen LogP contribution in [-0.2, 0) is 34.9 Å². The zero-order valence-corrected chi connectivity index (χ0v) is 44.0. The van der Waals surface area contributed by atoms with Crippen LogP contribution in [0.2, 0.25) is 34.8 Å². The Morgan fingerprint density at radius 1 is 0.909 bits per heavy atom. The van der Waals surface area contributed by atoms with E-state index in [0.29, 0.717) is 34.9 Å². The van der Waals surface area contributed by atoms with E-state index in [1.807, 2.05) is 13.1 Å². The number of ether oxygens (including phenoxy) is 3. The largest absolute Gasteiger partial charge is 0.540 e. The molecule has 2 aromatic rings. The highest BCUT2D eigenvalue weighted by Gasteiger charge is 2.52. The maximum Gasteiger partial charge on any atom is 0.416 e. The fourth-order valence-electron chi connectivity index (χ4n) is 8.53. The van der Waals surface area contributed by atoms with Gasteiger partial charge in [0, 0.05) is 18.0 Å². The summed E-state index contributed by atoms with van der Waals surface area (Å²) >= 11 is 0. The molecule has 0 radical (unpaired) electrons. The molecule has 0 saturated heterocycles. The summed E-state index contributed by atoms with van der Waals surface area (Å²) in [6.45, 7) is 34.1. The number of fused-ring (bicyclic) bond motifs is 2. The molecule has 3 amide bonds. The number of anilines is 2. The highest BCUT2D eigenvalue weighted by molar-refractivity contribution is 6.78. The first kappa shape index (κ1) is 53.6. The Hall–Kier alpha value is -4.98. The molecule has 0 spiro atoms. The second kappa shape index (κ2) is 21.8. The smallest absolute Gasteiger partial charge is 0.416 e. The Bertz CT molecular complexity index is 2110. The summed E-state index contributed by atoms with van der Waals surface area (Å²) in [5.74, 6) is -2.18. The van der Waals surface area contributed by atoms with Gasteiger partial charge in [0.2, 0.25) is 5.91 Å². The van der Waals surface area contributed by atoms with Gasteiger partial charge >= 0.3 is 12.1 Å². The van der Waals surface area contributed by atoms with Crippen LogP contribution >= 0.6 is 0 Å². The quantitative estimate of drug-likeness (QED) is 0.0378. The number of hydrogen-bond acceptors (Lipinski definition) is 12. The number of Topliss-reactive ketones (excluding diaryl/α,β-unsaturated/α-hetero) is 1. The van der Waals surface area contributed by atoms with E-state index in [-0.39, 0.29) is 52.3 Å². The van der Waals surface area contributed by atoms with Crippen LogP contribution in [0.15, 0.2) is 60.8 Å². The molecule has 4 atom stereocenters. The van der Waals surface area contributed by atoms with Crippen molar-refractivity contribution in [2.45, 2.75) is 162 Å². The van der Waals surface area contributed by atoms with Crippen molar-refractivity contribution in [1.29, 1.82) is 0 Å². The van der Waals surface area contributed by atoms with Crippen LogP contribution in [0, 0.1) is 5.92 Å². The molecule has 0 fully saturated rings. The third-order valence-electron chi connectivity index (χ3n) is 13.2. The maximum atomic E-state index is 15.0. The summed E-state index contributed by atoms with van der Waals surface area (Å²) in [4.78, 5) is 70.9. The summed E-state index contributed by atoms with van der Waals surface area (Å²) in [5, 5.41) is 2.41. The molecule has 2 aliphatic heterocycles. The molecule has 2 aromatic carbocycles. The molecule has 0 bridgehead atoms. The van der Waals surface area contributed by atoms with Crippen LogP contribution in [0.5, 0.6) is 11.5 Å². The first-order chi connectivity index (χ1) is 30.7. The number of nitrogens with one attached hydrogen (secondary N) is 3. The van der Waals surface area contributed by atoms with E-state index < -0.39 is 64.7 Å². The monoisotopic (exact) mass is 950 g/mol. The fourth-order valence-corrected chi connectivity index (χ4v) is 15.0. The Morgan fingerprint density at radius 2 is 1.52 bits per heavy atom. The number of ketones is 1. The second-order valence-electron chi connectivity index (χ2n) is 20.3. The molecule has 2 aliphatic rings. The Kier molecular flexibility index (Phi) is 17.7. The topological polar surface area (TPSA) is 174 Å². The highest BCUT2D eigenvalue weighted by atomic mass is 28.4. The van der Waals surface area contributed by atoms with Crippen LogP contribution in [0.1, 0.15) is 112 Å². The minimum absolute atomic E-state index is 0.104. The Morgan fingerprint density at radius 3 is 2.05 bits per heavy atom. The second-order valence-corrected chi connectivity index (χ2v) is 30.4. The number of amides is 3. The molecule has 15 nitrogen and oxygen atoms in total. The van der Waals surface area contributed by atoms with Gasteiger partial charge in [-0.1, -0.05) is 107 Å². The molecular formula is C49H75N5O10Si2. The van der Waals surface area contributed by atoms with Gasteiger partial charge in [-0.15, -0.1) is 0 Å². The highest BCUT2D eigenvalue weighted by Crippen LogP contribution is 2.49. The van der Waals surface area contributed by atoms with Crippen molar-refractivity contribution in [2.24, 2.45) is 5.92 Å². The number of carbonyl (C=O) groups excluding carboxylic acids is 5. The summed E-state index contributed by atoms with van der Waals surface area (Å²) in [7, 11) is -3.62. The zero-order chi connectivity index (χ0) is 49.6. The number of hydrazine groups is 1. The minimum Gasteiger partial charge on any atom is -0.540 e. The van der Waals surface area contributed by atoms with E-state index in [0.717, 1.165) is 5.57 Å². The van der Waals surface area contributed by atoms with Crippen molar-refractivity contribution in [3.05, 3.63) is 72.0 Å². The van der Waals surface area contributed by atoms with Crippen LogP contribution in [-0.4, -0.2) is 89.3 Å². The lowest BCUT2D eigenvalue weighted by atomic mass is 9.99. The van der Waals surface area contributed by atoms with Crippen LogP contribution in [0.4, 0.5) is 16.2 Å².